The van der Waals surface area contributed by atoms with E-state index in [1.165, 1.54) is 37.5 Å². The van der Waals surface area contributed by atoms with Crippen molar-refractivity contribution in [2.24, 2.45) is 0 Å². The van der Waals surface area contributed by atoms with Crippen molar-refractivity contribution in [1.29, 1.82) is 0 Å². The first kappa shape index (κ1) is 26.6. The Bertz CT molecular complexity index is 1510. The lowest BCUT2D eigenvalue weighted by Gasteiger charge is -2.14. The highest BCUT2D eigenvalue weighted by Gasteiger charge is 2.36. The molecule has 1 saturated heterocycles. The number of imide groups is 1. The van der Waals surface area contributed by atoms with Crippen LogP contribution in [0.25, 0.3) is 6.08 Å². The van der Waals surface area contributed by atoms with Gasteiger partial charge < -0.3 is 9.47 Å². The van der Waals surface area contributed by atoms with Crippen LogP contribution in [0.2, 0.25) is 5.02 Å². The summed E-state index contributed by atoms with van der Waals surface area (Å²) < 4.78 is 25.3. The fraction of sp³-hybridized carbons (Fsp3) is 0.0833. The molecule has 1 aliphatic rings. The predicted molar refractivity (Wildman–Crippen MR) is 136 cm³/mol. The Morgan fingerprint density at radius 2 is 1.79 bits per heavy atom. The molecule has 194 valence electrons. The molecule has 3 aromatic carbocycles. The second kappa shape index (κ2) is 10.9. The van der Waals surface area contributed by atoms with Crippen molar-refractivity contribution in [2.75, 3.05) is 7.11 Å². The molecule has 1 aliphatic heterocycles. The molecular weight excluding hydrogens is 545 g/mol. The molecule has 11 nitrogen and oxygen atoms in total. The maximum atomic E-state index is 14.2. The minimum Gasteiger partial charge on any atom is -0.493 e. The topological polar surface area (TPSA) is 142 Å². The van der Waals surface area contributed by atoms with Crippen molar-refractivity contribution in [3.8, 4) is 17.2 Å². The lowest BCUT2D eigenvalue weighted by atomic mass is 10.1. The molecule has 0 N–H and O–H groups in total. The number of para-hydroxylation sites is 1. The van der Waals surface area contributed by atoms with Gasteiger partial charge in [0.05, 0.1) is 34.5 Å². The number of carbonyl (C=O) groups is 2. The van der Waals surface area contributed by atoms with Crippen LogP contribution in [0, 0.1) is 26.0 Å². The van der Waals surface area contributed by atoms with E-state index in [4.69, 9.17) is 21.1 Å². The third-order valence-electron chi connectivity index (χ3n) is 5.33. The quantitative estimate of drug-likeness (QED) is 0.175. The maximum Gasteiger partial charge on any atom is 0.318 e. The van der Waals surface area contributed by atoms with Crippen LogP contribution in [-0.2, 0) is 11.3 Å². The number of rotatable bonds is 8. The molecule has 0 atom stereocenters. The Labute approximate surface area is 222 Å². The van der Waals surface area contributed by atoms with E-state index in [9.17, 15) is 34.2 Å². The van der Waals surface area contributed by atoms with E-state index in [1.54, 1.807) is 6.07 Å². The van der Waals surface area contributed by atoms with Gasteiger partial charge in [0, 0.05) is 22.2 Å². The third kappa shape index (κ3) is 5.28. The summed E-state index contributed by atoms with van der Waals surface area (Å²) in [5.41, 5.74) is -0.980. The molecule has 0 unspecified atom stereocenters. The SMILES string of the molecule is COc1cccc(/C=C2\SC(=O)N(Cc3c(F)cccc3Cl)C2=O)c1Oc1ccc([N+](=O)[O-])cc1[N+](=O)[O-]. The van der Waals surface area contributed by atoms with Gasteiger partial charge in [-0.15, -0.1) is 0 Å². The Morgan fingerprint density at radius 1 is 1.05 bits per heavy atom. The number of nitrogens with zero attached hydrogens (tertiary/aromatic N) is 3. The highest BCUT2D eigenvalue weighted by molar-refractivity contribution is 8.18. The fourth-order valence-corrected chi connectivity index (χ4v) is 4.55. The predicted octanol–water partition coefficient (Wildman–Crippen LogP) is 6.33. The van der Waals surface area contributed by atoms with E-state index in [1.807, 2.05) is 0 Å². The number of nitro groups is 2. The largest absolute Gasteiger partial charge is 0.493 e. The zero-order chi connectivity index (χ0) is 27.6. The zero-order valence-electron chi connectivity index (χ0n) is 19.3. The van der Waals surface area contributed by atoms with E-state index in [2.05, 4.69) is 0 Å². The Kier molecular flexibility index (Phi) is 7.60. The van der Waals surface area contributed by atoms with Gasteiger partial charge in [-0.05, 0) is 42.1 Å². The van der Waals surface area contributed by atoms with E-state index >= 15 is 0 Å². The molecule has 2 amide bonds. The zero-order valence-corrected chi connectivity index (χ0v) is 20.8. The summed E-state index contributed by atoms with van der Waals surface area (Å²) in [6.07, 6.45) is 1.32. The minimum absolute atomic E-state index is 0.0198. The summed E-state index contributed by atoms with van der Waals surface area (Å²) >= 11 is 6.64. The lowest BCUT2D eigenvalue weighted by Crippen LogP contribution is -2.28. The molecule has 1 heterocycles. The maximum absolute atomic E-state index is 14.2. The number of thioether (sulfide) groups is 1. The number of hydrogen-bond donors (Lipinski definition) is 0. The molecule has 14 heteroatoms. The number of ether oxygens (including phenoxy) is 2. The van der Waals surface area contributed by atoms with E-state index in [0.29, 0.717) is 11.8 Å². The number of methoxy groups -OCH3 is 1. The molecule has 1 fully saturated rings. The van der Waals surface area contributed by atoms with Crippen LogP contribution < -0.4 is 9.47 Å². The molecule has 0 saturated carbocycles. The molecule has 0 spiro atoms. The molecule has 3 aromatic rings. The molecule has 0 bridgehead atoms. The van der Waals surface area contributed by atoms with Crippen LogP contribution in [0.5, 0.6) is 17.2 Å². The van der Waals surface area contributed by atoms with Crippen LogP contribution in [0.1, 0.15) is 11.1 Å². The Balaban J connectivity index is 1.71. The Morgan fingerprint density at radius 3 is 2.45 bits per heavy atom. The fourth-order valence-electron chi connectivity index (χ4n) is 3.49. The first-order valence-corrected chi connectivity index (χ1v) is 11.8. The van der Waals surface area contributed by atoms with Gasteiger partial charge in [-0.1, -0.05) is 29.8 Å². The molecular formula is C24H15ClFN3O8S. The molecule has 0 aromatic heterocycles. The van der Waals surface area contributed by atoms with E-state index in [-0.39, 0.29) is 44.8 Å². The van der Waals surface area contributed by atoms with Gasteiger partial charge in [-0.3, -0.25) is 34.7 Å². The van der Waals surface area contributed by atoms with Crippen molar-refractivity contribution < 1.29 is 33.3 Å². The van der Waals surface area contributed by atoms with E-state index in [0.717, 1.165) is 29.2 Å². The molecule has 0 radical (unpaired) electrons. The molecule has 38 heavy (non-hydrogen) atoms. The minimum atomic E-state index is -0.837. The lowest BCUT2D eigenvalue weighted by molar-refractivity contribution is -0.394. The second-order valence-corrected chi connectivity index (χ2v) is 9.02. The smallest absolute Gasteiger partial charge is 0.318 e. The Hall–Kier alpha value is -4.49. The van der Waals surface area contributed by atoms with Crippen LogP contribution >= 0.6 is 23.4 Å². The number of amides is 2. The van der Waals surface area contributed by atoms with Gasteiger partial charge in [0.1, 0.15) is 5.82 Å². The van der Waals surface area contributed by atoms with Gasteiger partial charge in [0.25, 0.3) is 16.8 Å². The summed E-state index contributed by atoms with van der Waals surface area (Å²) in [7, 11) is 1.32. The van der Waals surface area contributed by atoms with Crippen molar-refractivity contribution >= 4 is 52.0 Å². The van der Waals surface area contributed by atoms with Crippen molar-refractivity contribution in [1.82, 2.24) is 4.90 Å². The van der Waals surface area contributed by atoms with Gasteiger partial charge in [-0.25, -0.2) is 4.39 Å². The number of halogens is 2. The van der Waals surface area contributed by atoms with Crippen LogP contribution in [0.15, 0.2) is 59.5 Å². The summed E-state index contributed by atoms with van der Waals surface area (Å²) in [5, 5.41) is 22.0. The van der Waals surface area contributed by atoms with Gasteiger partial charge in [-0.2, -0.15) is 0 Å². The second-order valence-electron chi connectivity index (χ2n) is 7.62. The number of carbonyl (C=O) groups excluding carboxylic acids is 2. The number of benzene rings is 3. The molecule has 0 aliphatic carbocycles. The third-order valence-corrected chi connectivity index (χ3v) is 6.59. The monoisotopic (exact) mass is 559 g/mol. The summed E-state index contributed by atoms with van der Waals surface area (Å²) in [5.74, 6) is -1.62. The van der Waals surface area contributed by atoms with E-state index < -0.39 is 38.2 Å². The number of non-ortho nitro benzene ring substituents is 1. The normalized spacial score (nSPS) is 14.2. The van der Waals surface area contributed by atoms with Gasteiger partial charge >= 0.3 is 5.69 Å². The van der Waals surface area contributed by atoms with Crippen LogP contribution in [0.3, 0.4) is 0 Å². The first-order valence-electron chi connectivity index (χ1n) is 10.6. The van der Waals surface area contributed by atoms with Gasteiger partial charge in [0.15, 0.2) is 11.5 Å². The highest BCUT2D eigenvalue weighted by atomic mass is 35.5. The van der Waals surface area contributed by atoms with Crippen LogP contribution in [0.4, 0.5) is 20.6 Å². The number of nitro benzene ring substituents is 2. The number of hydrogen-bond acceptors (Lipinski definition) is 9. The summed E-state index contributed by atoms with van der Waals surface area (Å²) in [6.45, 7) is -0.385. The average molecular weight is 560 g/mol. The summed E-state index contributed by atoms with van der Waals surface area (Å²) in [4.78, 5) is 47.4. The highest BCUT2D eigenvalue weighted by Crippen LogP contribution is 2.42. The molecule has 4 rings (SSSR count). The van der Waals surface area contributed by atoms with Crippen LogP contribution in [-0.4, -0.2) is 33.0 Å². The first-order chi connectivity index (χ1) is 18.1. The average Bonchev–Trinajstić information content (AvgIpc) is 3.14. The van der Waals surface area contributed by atoms with Crippen molar-refractivity contribution in [2.45, 2.75) is 6.54 Å². The van der Waals surface area contributed by atoms with Gasteiger partial charge in [0.2, 0.25) is 5.75 Å². The standard InChI is InChI=1S/C24H15ClFN3O8S/c1-36-20-7-2-4-13(22(20)37-19-9-8-14(28(32)33)11-18(19)29(34)35)10-21-23(30)27(24(31)38-21)12-15-16(25)5-3-6-17(15)26/h2-11H,12H2,1H3/b21-10-. The van der Waals surface area contributed by atoms with Crippen molar-refractivity contribution in [3.63, 3.8) is 0 Å². The van der Waals surface area contributed by atoms with Crippen molar-refractivity contribution in [3.05, 3.63) is 102 Å². The summed E-state index contributed by atoms with van der Waals surface area (Å²) in [6, 6.07) is 11.4.